The van der Waals surface area contributed by atoms with Gasteiger partial charge in [-0.25, -0.2) is 4.99 Å². The SMILES string of the molecule is CC(C)(C)[C@H](NC(=O)[C@H](CCCN=C(N)N)NC(=O)Cc1ccc(CN=C(N)N)cc1)C(=O)N[C@@H](CCON=C(N)N)C(=O)NCc1ccc(C(=N)N)cc1. The van der Waals surface area contributed by atoms with Gasteiger partial charge in [0.1, 0.15) is 30.6 Å². The first kappa shape index (κ1) is 44.6. The number of carbonyl (C=O) groups is 4. The summed E-state index contributed by atoms with van der Waals surface area (Å²) in [5.41, 5.74) is 39.8. The fourth-order valence-corrected chi connectivity index (χ4v) is 5.00. The van der Waals surface area contributed by atoms with Gasteiger partial charge in [0.2, 0.25) is 29.6 Å². The number of nitrogens with two attached hydrogens (primary N) is 7. The number of oxime groups is 1. The number of benzene rings is 2. The van der Waals surface area contributed by atoms with Crippen molar-refractivity contribution < 1.29 is 24.0 Å². The van der Waals surface area contributed by atoms with Gasteiger partial charge in [-0.15, -0.1) is 0 Å². The summed E-state index contributed by atoms with van der Waals surface area (Å²) in [4.78, 5) is 67.3. The Hall–Kier alpha value is -6.60. The van der Waals surface area contributed by atoms with Gasteiger partial charge in [0, 0.05) is 25.1 Å². The first-order valence-electron chi connectivity index (χ1n) is 17.4. The summed E-state index contributed by atoms with van der Waals surface area (Å²) in [5, 5.41) is 22.1. The van der Waals surface area contributed by atoms with E-state index in [2.05, 4.69) is 36.4 Å². The van der Waals surface area contributed by atoms with Crippen LogP contribution in [-0.4, -0.2) is 78.6 Å². The molecule has 0 aliphatic heterocycles. The molecule has 0 radical (unpaired) electrons. The minimum Gasteiger partial charge on any atom is -0.393 e. The van der Waals surface area contributed by atoms with Crippen molar-refractivity contribution in [3.8, 4) is 0 Å². The molecule has 300 valence electrons. The zero-order valence-corrected chi connectivity index (χ0v) is 31.4. The summed E-state index contributed by atoms with van der Waals surface area (Å²) in [7, 11) is 0. The zero-order chi connectivity index (χ0) is 41.1. The van der Waals surface area contributed by atoms with E-state index in [1.165, 1.54) is 0 Å². The van der Waals surface area contributed by atoms with Crippen molar-refractivity contribution in [2.45, 2.75) is 77.7 Å². The lowest BCUT2D eigenvalue weighted by molar-refractivity contribution is -0.136. The Labute approximate surface area is 320 Å². The van der Waals surface area contributed by atoms with Crippen LogP contribution in [0.25, 0.3) is 0 Å². The topological polar surface area (TPSA) is 369 Å². The van der Waals surface area contributed by atoms with Crippen molar-refractivity contribution in [1.82, 2.24) is 21.3 Å². The maximum Gasteiger partial charge on any atom is 0.243 e. The van der Waals surface area contributed by atoms with Crippen LogP contribution in [0.3, 0.4) is 0 Å². The third-order valence-corrected chi connectivity index (χ3v) is 7.88. The summed E-state index contributed by atoms with van der Waals surface area (Å²) in [5.74, 6) is -2.87. The van der Waals surface area contributed by atoms with Crippen LogP contribution in [0, 0.1) is 10.8 Å². The third kappa shape index (κ3) is 17.2. The zero-order valence-electron chi connectivity index (χ0n) is 31.4. The summed E-state index contributed by atoms with van der Waals surface area (Å²) in [6, 6.07) is 10.4. The van der Waals surface area contributed by atoms with Crippen LogP contribution in [0.2, 0.25) is 0 Å². The van der Waals surface area contributed by atoms with Crippen LogP contribution < -0.4 is 61.4 Å². The van der Waals surface area contributed by atoms with Crippen LogP contribution in [0.4, 0.5) is 0 Å². The van der Waals surface area contributed by atoms with Gasteiger partial charge in [-0.1, -0.05) is 69.3 Å². The van der Waals surface area contributed by atoms with Crippen molar-refractivity contribution in [2.24, 2.45) is 60.7 Å². The van der Waals surface area contributed by atoms with Gasteiger partial charge in [0.05, 0.1) is 13.0 Å². The number of hydrogen-bond acceptors (Lipinski definition) is 9. The molecule has 19 N–H and O–H groups in total. The number of carbonyl (C=O) groups excluding carboxylic acids is 4. The van der Waals surface area contributed by atoms with Crippen LogP contribution in [0.15, 0.2) is 63.7 Å². The highest BCUT2D eigenvalue weighted by molar-refractivity contribution is 5.95. The molecule has 0 aromatic heterocycles. The maximum atomic E-state index is 13.9. The average Bonchev–Trinajstić information content (AvgIpc) is 3.10. The molecule has 2 aromatic rings. The van der Waals surface area contributed by atoms with E-state index in [1.54, 1.807) is 69.3 Å². The molecule has 0 unspecified atom stereocenters. The second-order valence-corrected chi connectivity index (χ2v) is 13.6. The minimum absolute atomic E-state index is 0.0383. The smallest absolute Gasteiger partial charge is 0.243 e. The maximum absolute atomic E-state index is 13.9. The Balaban J connectivity index is 2.24. The molecule has 3 atom stereocenters. The quantitative estimate of drug-likeness (QED) is 0.0278. The summed E-state index contributed by atoms with van der Waals surface area (Å²) in [6.45, 7) is 5.65. The number of nitrogens with zero attached hydrogens (tertiary/aromatic N) is 3. The van der Waals surface area contributed by atoms with Crippen molar-refractivity contribution in [1.29, 1.82) is 5.41 Å². The van der Waals surface area contributed by atoms with E-state index in [0.29, 0.717) is 23.1 Å². The molecule has 0 saturated heterocycles. The second kappa shape index (κ2) is 21.8. The van der Waals surface area contributed by atoms with E-state index in [-0.39, 0.29) is 69.2 Å². The number of nitrogen functional groups attached to an aromatic ring is 1. The minimum atomic E-state index is -1.16. The lowest BCUT2D eigenvalue weighted by Crippen LogP contribution is -2.60. The molecule has 20 nitrogen and oxygen atoms in total. The average molecular weight is 766 g/mol. The highest BCUT2D eigenvalue weighted by Gasteiger charge is 2.36. The van der Waals surface area contributed by atoms with Crippen molar-refractivity contribution in [3.05, 3.63) is 70.8 Å². The molecule has 2 aromatic carbocycles. The summed E-state index contributed by atoms with van der Waals surface area (Å²) >= 11 is 0. The lowest BCUT2D eigenvalue weighted by atomic mass is 9.85. The third-order valence-electron chi connectivity index (χ3n) is 7.88. The van der Waals surface area contributed by atoms with Gasteiger partial charge in [0.15, 0.2) is 11.9 Å². The molecule has 0 aliphatic carbocycles. The normalized spacial score (nSPS) is 12.4. The second-order valence-electron chi connectivity index (χ2n) is 13.6. The number of hydrogen-bond donors (Lipinski definition) is 12. The van der Waals surface area contributed by atoms with Gasteiger partial charge >= 0.3 is 0 Å². The Kier molecular flexibility index (Phi) is 17.7. The predicted octanol–water partition coefficient (Wildman–Crippen LogP) is -2.25. The number of nitrogens with one attached hydrogen (secondary N) is 5. The Morgan fingerprint density at radius 3 is 1.85 bits per heavy atom. The van der Waals surface area contributed by atoms with E-state index in [9.17, 15) is 19.2 Å². The largest absolute Gasteiger partial charge is 0.393 e. The van der Waals surface area contributed by atoms with E-state index in [4.69, 9.17) is 50.4 Å². The molecule has 0 fully saturated rings. The van der Waals surface area contributed by atoms with Crippen molar-refractivity contribution in [3.63, 3.8) is 0 Å². The van der Waals surface area contributed by atoms with Crippen LogP contribution in [-0.2, 0) is 43.5 Å². The lowest BCUT2D eigenvalue weighted by Gasteiger charge is -2.33. The molecule has 0 heterocycles. The van der Waals surface area contributed by atoms with Gasteiger partial charge < -0.3 is 66.2 Å². The van der Waals surface area contributed by atoms with E-state index >= 15 is 0 Å². The molecular weight excluding hydrogens is 710 g/mol. The Morgan fingerprint density at radius 1 is 0.709 bits per heavy atom. The molecule has 0 spiro atoms. The predicted molar refractivity (Wildman–Crippen MR) is 211 cm³/mol. The number of amides is 4. The van der Waals surface area contributed by atoms with E-state index in [1.807, 2.05) is 0 Å². The molecule has 0 saturated carbocycles. The van der Waals surface area contributed by atoms with Crippen LogP contribution >= 0.6 is 0 Å². The van der Waals surface area contributed by atoms with E-state index in [0.717, 1.165) is 5.56 Å². The number of amidine groups is 1. The van der Waals surface area contributed by atoms with Crippen molar-refractivity contribution >= 4 is 47.3 Å². The number of rotatable bonds is 21. The summed E-state index contributed by atoms with van der Waals surface area (Å²) < 4.78 is 0. The molecule has 0 aliphatic rings. The first-order chi connectivity index (χ1) is 25.8. The highest BCUT2D eigenvalue weighted by atomic mass is 16.6. The molecule has 55 heavy (non-hydrogen) atoms. The molecule has 2 rings (SSSR count). The van der Waals surface area contributed by atoms with Crippen LogP contribution in [0.1, 0.15) is 62.3 Å². The summed E-state index contributed by atoms with van der Waals surface area (Å²) in [6.07, 6.45) is 0.396. The Bertz CT molecular complexity index is 1690. The monoisotopic (exact) mass is 765 g/mol. The molecular formula is C35H55N15O5. The van der Waals surface area contributed by atoms with Gasteiger partial charge in [-0.05, 0) is 40.1 Å². The highest BCUT2D eigenvalue weighted by Crippen LogP contribution is 2.20. The van der Waals surface area contributed by atoms with Gasteiger partial charge in [-0.3, -0.25) is 29.6 Å². The molecule has 0 bridgehead atoms. The number of aliphatic imine (C=N–C) groups is 2. The number of guanidine groups is 3. The van der Waals surface area contributed by atoms with E-state index < -0.39 is 47.2 Å². The standard InChI is InChI=1S/C35H55N15O5/c1-35(2,3)27(31(54)48-25(14-16-55-50-34(42)43)29(52)45-18-22-10-12-23(13-11-22)28(36)37)49-30(53)24(5-4-15-44-32(38)39)47-26(51)17-20-6-8-21(9-7-20)19-46-33(40)41/h6-13,24-25,27H,4-5,14-19H2,1-3H3,(H3,36,37)(H,45,52)(H,47,51)(H,48,54)(H,49,53)(H4,38,39,44)(H4,40,41,46)(H4,42,43,50)/t24-,25-,27+/m0/s1. The first-order valence-corrected chi connectivity index (χ1v) is 17.4. The van der Waals surface area contributed by atoms with Gasteiger partial charge in [0.25, 0.3) is 0 Å². The van der Waals surface area contributed by atoms with Gasteiger partial charge in [-0.2, -0.15) is 0 Å². The van der Waals surface area contributed by atoms with Crippen molar-refractivity contribution in [2.75, 3.05) is 13.2 Å². The van der Waals surface area contributed by atoms with Crippen LogP contribution in [0.5, 0.6) is 0 Å². The fraction of sp³-hybridized carbons (Fsp3) is 0.429. The molecule has 20 heteroatoms. The fourth-order valence-electron chi connectivity index (χ4n) is 5.00. The molecule has 4 amide bonds. The Morgan fingerprint density at radius 2 is 1.29 bits per heavy atom.